The van der Waals surface area contributed by atoms with Gasteiger partial charge < -0.3 is 0 Å². The van der Waals surface area contributed by atoms with Crippen molar-refractivity contribution in [2.24, 2.45) is 0 Å². The van der Waals surface area contributed by atoms with Gasteiger partial charge in [0, 0.05) is 17.2 Å². The lowest BCUT2D eigenvalue weighted by atomic mass is 9.76. The zero-order chi connectivity index (χ0) is 12.3. The lowest BCUT2D eigenvalue weighted by molar-refractivity contribution is 0.622. The van der Waals surface area contributed by atoms with E-state index in [1.54, 1.807) is 0 Å². The molecule has 3 nitrogen and oxygen atoms in total. The molecule has 88 valence electrons. The number of imidazole rings is 1. The first-order chi connectivity index (χ1) is 8.69. The van der Waals surface area contributed by atoms with E-state index in [-0.39, 0.29) is 5.41 Å². The Morgan fingerprint density at radius 2 is 1.83 bits per heavy atom. The molecule has 0 atom stereocenters. The molecule has 0 N–H and O–H groups in total. The zero-order valence-electron chi connectivity index (χ0n) is 10.4. The van der Waals surface area contributed by atoms with Crippen LogP contribution in [0.15, 0.2) is 42.9 Å². The monoisotopic (exact) mass is 235 g/mol. The van der Waals surface area contributed by atoms with Crippen LogP contribution >= 0.6 is 0 Å². The summed E-state index contributed by atoms with van der Waals surface area (Å²) in [7, 11) is 0. The Kier molecular flexibility index (Phi) is 1.63. The van der Waals surface area contributed by atoms with Crippen LogP contribution in [-0.4, -0.2) is 14.5 Å². The van der Waals surface area contributed by atoms with E-state index in [2.05, 4.69) is 52.6 Å². The number of para-hydroxylation sites is 1. The Balaban J connectivity index is 2.27. The van der Waals surface area contributed by atoms with Crippen molar-refractivity contribution in [3.05, 3.63) is 54.0 Å². The van der Waals surface area contributed by atoms with Gasteiger partial charge in [-0.1, -0.05) is 32.0 Å². The summed E-state index contributed by atoms with van der Waals surface area (Å²) in [5.41, 5.74) is 4.77. The number of hydrogen-bond acceptors (Lipinski definition) is 2. The molecule has 3 heterocycles. The second-order valence-corrected chi connectivity index (χ2v) is 5.29. The molecule has 0 aliphatic carbocycles. The van der Waals surface area contributed by atoms with Gasteiger partial charge in [-0.05, 0) is 17.7 Å². The van der Waals surface area contributed by atoms with Crippen LogP contribution in [0.3, 0.4) is 0 Å². The smallest absolute Gasteiger partial charge is 0.142 e. The summed E-state index contributed by atoms with van der Waals surface area (Å²) in [5, 5.41) is 0. The van der Waals surface area contributed by atoms with Crippen LogP contribution in [0.2, 0.25) is 0 Å². The molecule has 0 spiro atoms. The maximum Gasteiger partial charge on any atom is 0.142 e. The summed E-state index contributed by atoms with van der Waals surface area (Å²) < 4.78 is 2.10. The van der Waals surface area contributed by atoms with Crippen molar-refractivity contribution in [2.75, 3.05) is 0 Å². The van der Waals surface area contributed by atoms with Gasteiger partial charge in [-0.3, -0.25) is 4.57 Å². The van der Waals surface area contributed by atoms with Gasteiger partial charge in [-0.25, -0.2) is 9.97 Å². The summed E-state index contributed by atoms with van der Waals surface area (Å²) in [6, 6.07) is 10.5. The van der Waals surface area contributed by atoms with Gasteiger partial charge in [0.25, 0.3) is 0 Å². The number of benzene rings is 1. The molecule has 0 saturated heterocycles. The van der Waals surface area contributed by atoms with Crippen molar-refractivity contribution >= 4 is 11.0 Å². The minimum atomic E-state index is -0.0286. The molecule has 1 aromatic carbocycles. The topological polar surface area (TPSA) is 30.7 Å². The fourth-order valence-electron chi connectivity index (χ4n) is 2.95. The van der Waals surface area contributed by atoms with E-state index in [0.29, 0.717) is 0 Å². The third-order valence-corrected chi connectivity index (χ3v) is 3.93. The van der Waals surface area contributed by atoms with Crippen LogP contribution in [0.25, 0.3) is 16.9 Å². The lowest BCUT2D eigenvalue weighted by Crippen LogP contribution is -2.26. The average Bonchev–Trinajstić information content (AvgIpc) is 2.81. The molecule has 2 aromatic heterocycles. The van der Waals surface area contributed by atoms with Crippen LogP contribution in [0.1, 0.15) is 25.0 Å². The van der Waals surface area contributed by atoms with E-state index in [0.717, 1.165) is 11.3 Å². The Hall–Kier alpha value is -2.16. The van der Waals surface area contributed by atoms with E-state index in [1.807, 2.05) is 18.6 Å². The molecule has 18 heavy (non-hydrogen) atoms. The molecule has 4 rings (SSSR count). The second-order valence-electron chi connectivity index (χ2n) is 5.29. The predicted molar refractivity (Wildman–Crippen MR) is 71.0 cm³/mol. The standard InChI is InChI=1S/C15H13N3/c1-15(2)10-5-3-7-12-13(10)18(9-17-12)14-11(15)6-4-8-16-14/h3-9H,1-2H3. The van der Waals surface area contributed by atoms with E-state index in [1.165, 1.54) is 16.6 Å². The average molecular weight is 235 g/mol. The lowest BCUT2D eigenvalue weighted by Gasteiger charge is -2.32. The summed E-state index contributed by atoms with van der Waals surface area (Å²) in [5.74, 6) is 1.00. The first-order valence-corrected chi connectivity index (χ1v) is 6.12. The van der Waals surface area contributed by atoms with Gasteiger partial charge in [0.05, 0.1) is 11.0 Å². The fourth-order valence-corrected chi connectivity index (χ4v) is 2.95. The molecular weight excluding hydrogens is 222 g/mol. The van der Waals surface area contributed by atoms with E-state index >= 15 is 0 Å². The molecule has 3 heteroatoms. The molecule has 0 amide bonds. The van der Waals surface area contributed by atoms with E-state index in [4.69, 9.17) is 0 Å². The van der Waals surface area contributed by atoms with Crippen LogP contribution < -0.4 is 0 Å². The molecule has 0 radical (unpaired) electrons. The van der Waals surface area contributed by atoms with E-state index < -0.39 is 0 Å². The first kappa shape index (κ1) is 9.83. The minimum absolute atomic E-state index is 0.0286. The molecule has 1 aliphatic heterocycles. The number of rotatable bonds is 0. The number of fused-ring (bicyclic) bond motifs is 2. The third kappa shape index (κ3) is 0.997. The number of pyridine rings is 1. The van der Waals surface area contributed by atoms with Crippen molar-refractivity contribution in [3.63, 3.8) is 0 Å². The molecular formula is C15H13N3. The summed E-state index contributed by atoms with van der Waals surface area (Å²) in [6.07, 6.45) is 3.71. The van der Waals surface area contributed by atoms with Crippen LogP contribution in [0.4, 0.5) is 0 Å². The number of aromatic nitrogens is 3. The van der Waals surface area contributed by atoms with Gasteiger partial charge in [-0.15, -0.1) is 0 Å². The highest BCUT2D eigenvalue weighted by Crippen LogP contribution is 2.42. The predicted octanol–water partition coefficient (Wildman–Crippen LogP) is 3.06. The largest absolute Gasteiger partial charge is 0.282 e. The van der Waals surface area contributed by atoms with Crippen molar-refractivity contribution in [1.82, 2.24) is 14.5 Å². The van der Waals surface area contributed by atoms with Crippen molar-refractivity contribution < 1.29 is 0 Å². The highest BCUT2D eigenvalue weighted by Gasteiger charge is 2.34. The second kappa shape index (κ2) is 2.99. The number of nitrogens with zero attached hydrogens (tertiary/aromatic N) is 3. The molecule has 0 unspecified atom stereocenters. The van der Waals surface area contributed by atoms with Gasteiger partial charge >= 0.3 is 0 Å². The van der Waals surface area contributed by atoms with Gasteiger partial charge in [-0.2, -0.15) is 0 Å². The Morgan fingerprint density at radius 3 is 2.72 bits per heavy atom. The van der Waals surface area contributed by atoms with Crippen LogP contribution in [0, 0.1) is 0 Å². The van der Waals surface area contributed by atoms with Crippen LogP contribution in [-0.2, 0) is 5.41 Å². The zero-order valence-corrected chi connectivity index (χ0v) is 10.4. The molecule has 1 aliphatic rings. The highest BCUT2D eigenvalue weighted by molar-refractivity contribution is 5.85. The maximum atomic E-state index is 4.53. The SMILES string of the molecule is CC1(C)c2cccnc2-n2cnc3cccc1c32. The normalized spacial score (nSPS) is 15.7. The Labute approximate surface area is 105 Å². The van der Waals surface area contributed by atoms with Crippen molar-refractivity contribution in [2.45, 2.75) is 19.3 Å². The van der Waals surface area contributed by atoms with E-state index in [9.17, 15) is 0 Å². The fraction of sp³-hybridized carbons (Fsp3) is 0.200. The third-order valence-electron chi connectivity index (χ3n) is 3.93. The molecule has 0 bridgehead atoms. The summed E-state index contributed by atoms with van der Waals surface area (Å²) in [4.78, 5) is 9.01. The van der Waals surface area contributed by atoms with Crippen LogP contribution in [0.5, 0.6) is 0 Å². The Bertz CT molecular complexity index is 768. The van der Waals surface area contributed by atoms with Crippen molar-refractivity contribution in [3.8, 4) is 5.82 Å². The van der Waals surface area contributed by atoms with Crippen molar-refractivity contribution in [1.29, 1.82) is 0 Å². The van der Waals surface area contributed by atoms with Gasteiger partial charge in [0.15, 0.2) is 0 Å². The Morgan fingerprint density at radius 1 is 1.00 bits per heavy atom. The first-order valence-electron chi connectivity index (χ1n) is 6.12. The van der Waals surface area contributed by atoms with Gasteiger partial charge in [0.1, 0.15) is 12.1 Å². The summed E-state index contributed by atoms with van der Waals surface area (Å²) in [6.45, 7) is 4.50. The molecule has 3 aromatic rings. The number of hydrogen-bond donors (Lipinski definition) is 0. The minimum Gasteiger partial charge on any atom is -0.282 e. The summed E-state index contributed by atoms with van der Waals surface area (Å²) >= 11 is 0. The molecule has 0 fully saturated rings. The molecule has 0 saturated carbocycles. The quantitative estimate of drug-likeness (QED) is 0.599. The van der Waals surface area contributed by atoms with Gasteiger partial charge in [0.2, 0.25) is 0 Å². The highest BCUT2D eigenvalue weighted by atomic mass is 15.1. The maximum absolute atomic E-state index is 4.53.